The Balaban J connectivity index is 1.57. The van der Waals surface area contributed by atoms with E-state index in [0.29, 0.717) is 13.1 Å². The molecular weight excluding hydrogens is 302 g/mol. The van der Waals surface area contributed by atoms with Crippen LogP contribution in [0.3, 0.4) is 0 Å². The number of hydrogen-bond acceptors (Lipinski definition) is 3. The molecule has 0 aliphatic heterocycles. The molecule has 0 bridgehead atoms. The summed E-state index contributed by atoms with van der Waals surface area (Å²) >= 11 is 1.57. The van der Waals surface area contributed by atoms with E-state index >= 15 is 0 Å². The van der Waals surface area contributed by atoms with E-state index in [1.165, 1.54) is 24.3 Å². The second-order valence-corrected chi connectivity index (χ2v) is 5.97. The van der Waals surface area contributed by atoms with Gasteiger partial charge in [0.05, 0.1) is 4.88 Å². The van der Waals surface area contributed by atoms with Crippen LogP contribution >= 0.6 is 11.3 Å². The molecule has 0 saturated carbocycles. The van der Waals surface area contributed by atoms with Crippen LogP contribution in [0.5, 0.6) is 0 Å². The maximum atomic E-state index is 12.9. The van der Waals surface area contributed by atoms with Crippen molar-refractivity contribution < 1.29 is 8.78 Å². The van der Waals surface area contributed by atoms with E-state index in [9.17, 15) is 8.78 Å². The van der Waals surface area contributed by atoms with Gasteiger partial charge in [0.2, 0.25) is 0 Å². The van der Waals surface area contributed by atoms with Crippen LogP contribution in [-0.2, 0) is 13.1 Å². The van der Waals surface area contributed by atoms with Crippen molar-refractivity contribution >= 4 is 11.3 Å². The van der Waals surface area contributed by atoms with Crippen LogP contribution in [0, 0.1) is 11.6 Å². The zero-order valence-electron chi connectivity index (χ0n) is 11.7. The molecule has 5 heteroatoms. The van der Waals surface area contributed by atoms with Gasteiger partial charge >= 0.3 is 0 Å². The average molecular weight is 316 g/mol. The summed E-state index contributed by atoms with van der Waals surface area (Å²) in [5.74, 6) is -0.470. The van der Waals surface area contributed by atoms with Gasteiger partial charge in [-0.2, -0.15) is 0 Å². The van der Waals surface area contributed by atoms with Crippen LogP contribution in [0.15, 0.2) is 54.7 Å². The largest absolute Gasteiger partial charge is 0.306 e. The van der Waals surface area contributed by atoms with E-state index in [0.717, 1.165) is 21.0 Å². The summed E-state index contributed by atoms with van der Waals surface area (Å²) < 4.78 is 25.7. The Morgan fingerprint density at radius 3 is 2.18 bits per heavy atom. The van der Waals surface area contributed by atoms with Crippen molar-refractivity contribution in [3.8, 4) is 10.4 Å². The summed E-state index contributed by atoms with van der Waals surface area (Å²) in [5, 5.41) is 4.24. The highest BCUT2D eigenvalue weighted by Gasteiger charge is 2.04. The van der Waals surface area contributed by atoms with E-state index in [-0.39, 0.29) is 11.6 Å². The standard InChI is InChI=1S/C17H14F2N2S/c18-14-5-1-12(2-6-14)9-20-11-17-21-10-16(22-17)13-3-7-15(19)8-4-13/h1-8,10,20H,9,11H2. The molecule has 0 fully saturated rings. The third kappa shape index (κ3) is 3.75. The number of thiazole rings is 1. The summed E-state index contributed by atoms with van der Waals surface area (Å²) in [6.45, 7) is 1.30. The highest BCUT2D eigenvalue weighted by molar-refractivity contribution is 7.15. The smallest absolute Gasteiger partial charge is 0.123 e. The molecule has 0 saturated heterocycles. The number of benzene rings is 2. The number of aromatic nitrogens is 1. The van der Waals surface area contributed by atoms with Gasteiger partial charge in [0, 0.05) is 19.3 Å². The van der Waals surface area contributed by atoms with Crippen LogP contribution in [0.4, 0.5) is 8.78 Å². The quantitative estimate of drug-likeness (QED) is 0.755. The minimum Gasteiger partial charge on any atom is -0.306 e. The molecule has 1 aromatic heterocycles. The Kier molecular flexibility index (Phi) is 4.56. The van der Waals surface area contributed by atoms with E-state index in [4.69, 9.17) is 0 Å². The highest BCUT2D eigenvalue weighted by Crippen LogP contribution is 2.26. The van der Waals surface area contributed by atoms with E-state index in [2.05, 4.69) is 10.3 Å². The van der Waals surface area contributed by atoms with Crippen LogP contribution < -0.4 is 5.32 Å². The van der Waals surface area contributed by atoms with Crippen LogP contribution in [0.25, 0.3) is 10.4 Å². The van der Waals surface area contributed by atoms with Gasteiger partial charge in [-0.05, 0) is 35.4 Å². The van der Waals surface area contributed by atoms with Crippen molar-refractivity contribution in [3.63, 3.8) is 0 Å². The van der Waals surface area contributed by atoms with Crippen molar-refractivity contribution in [1.82, 2.24) is 10.3 Å². The first kappa shape index (κ1) is 14.8. The maximum Gasteiger partial charge on any atom is 0.123 e. The third-order valence-electron chi connectivity index (χ3n) is 3.20. The van der Waals surface area contributed by atoms with Crippen LogP contribution in [0.2, 0.25) is 0 Å². The molecule has 2 nitrogen and oxygen atoms in total. The summed E-state index contributed by atoms with van der Waals surface area (Å²) in [7, 11) is 0. The molecule has 0 aliphatic rings. The van der Waals surface area contributed by atoms with Crippen molar-refractivity contribution in [3.05, 3.63) is 76.9 Å². The number of nitrogens with one attached hydrogen (secondary N) is 1. The van der Waals surface area contributed by atoms with Gasteiger partial charge in [-0.25, -0.2) is 13.8 Å². The first-order valence-corrected chi connectivity index (χ1v) is 7.68. The Morgan fingerprint density at radius 2 is 1.50 bits per heavy atom. The summed E-state index contributed by atoms with van der Waals surface area (Å²) in [6, 6.07) is 12.8. The van der Waals surface area contributed by atoms with Crippen molar-refractivity contribution in [2.75, 3.05) is 0 Å². The number of nitrogens with zero attached hydrogens (tertiary/aromatic N) is 1. The van der Waals surface area contributed by atoms with Crippen LogP contribution in [-0.4, -0.2) is 4.98 Å². The lowest BCUT2D eigenvalue weighted by atomic mass is 10.2. The third-order valence-corrected chi connectivity index (χ3v) is 4.25. The molecule has 0 aliphatic carbocycles. The minimum atomic E-state index is -0.241. The summed E-state index contributed by atoms with van der Waals surface area (Å²) in [4.78, 5) is 5.38. The van der Waals surface area contributed by atoms with Crippen molar-refractivity contribution in [2.45, 2.75) is 13.1 Å². The maximum absolute atomic E-state index is 12.9. The molecule has 1 heterocycles. The second kappa shape index (κ2) is 6.77. The summed E-state index contributed by atoms with van der Waals surface area (Å²) in [5.41, 5.74) is 1.99. The Labute approximate surface area is 131 Å². The SMILES string of the molecule is Fc1ccc(CNCc2ncc(-c3ccc(F)cc3)s2)cc1. The number of halogens is 2. The van der Waals surface area contributed by atoms with Gasteiger partial charge in [-0.15, -0.1) is 11.3 Å². The molecule has 0 radical (unpaired) electrons. The topological polar surface area (TPSA) is 24.9 Å². The minimum absolute atomic E-state index is 0.229. The lowest BCUT2D eigenvalue weighted by molar-refractivity contribution is 0.624. The van der Waals surface area contributed by atoms with Gasteiger partial charge in [0.1, 0.15) is 16.6 Å². The average Bonchev–Trinajstić information content (AvgIpc) is 2.99. The van der Waals surface area contributed by atoms with Crippen molar-refractivity contribution in [2.24, 2.45) is 0 Å². The molecule has 3 aromatic rings. The molecule has 0 spiro atoms. The van der Waals surface area contributed by atoms with Gasteiger partial charge in [-0.3, -0.25) is 0 Å². The number of rotatable bonds is 5. The zero-order chi connectivity index (χ0) is 15.4. The van der Waals surface area contributed by atoms with Crippen LogP contribution in [0.1, 0.15) is 10.6 Å². The van der Waals surface area contributed by atoms with Gasteiger partial charge in [0.15, 0.2) is 0 Å². The Hall–Kier alpha value is -2.11. The molecule has 2 aromatic carbocycles. The molecule has 112 valence electrons. The number of hydrogen-bond donors (Lipinski definition) is 1. The lowest BCUT2D eigenvalue weighted by Gasteiger charge is -2.02. The Bertz CT molecular complexity index is 736. The first-order chi connectivity index (χ1) is 10.7. The fraction of sp³-hybridized carbons (Fsp3) is 0.118. The monoisotopic (exact) mass is 316 g/mol. The van der Waals surface area contributed by atoms with E-state index < -0.39 is 0 Å². The van der Waals surface area contributed by atoms with E-state index in [1.54, 1.807) is 41.8 Å². The Morgan fingerprint density at radius 1 is 0.864 bits per heavy atom. The molecule has 0 unspecified atom stereocenters. The van der Waals surface area contributed by atoms with Gasteiger partial charge in [0.25, 0.3) is 0 Å². The molecule has 0 amide bonds. The predicted octanol–water partition coefficient (Wildman–Crippen LogP) is 4.38. The molecule has 22 heavy (non-hydrogen) atoms. The highest BCUT2D eigenvalue weighted by atomic mass is 32.1. The summed E-state index contributed by atoms with van der Waals surface area (Å²) in [6.07, 6.45) is 1.80. The first-order valence-electron chi connectivity index (χ1n) is 6.86. The fourth-order valence-corrected chi connectivity index (χ4v) is 2.95. The normalized spacial score (nSPS) is 10.8. The van der Waals surface area contributed by atoms with Crippen molar-refractivity contribution in [1.29, 1.82) is 0 Å². The second-order valence-electron chi connectivity index (χ2n) is 4.86. The molecule has 3 rings (SSSR count). The molecule has 0 atom stereocenters. The predicted molar refractivity (Wildman–Crippen MR) is 84.5 cm³/mol. The van der Waals surface area contributed by atoms with E-state index in [1.807, 2.05) is 0 Å². The van der Waals surface area contributed by atoms with Gasteiger partial charge in [-0.1, -0.05) is 24.3 Å². The lowest BCUT2D eigenvalue weighted by Crippen LogP contribution is -2.12. The molecule has 1 N–H and O–H groups in total. The zero-order valence-corrected chi connectivity index (χ0v) is 12.5. The molecular formula is C17H14F2N2S. The van der Waals surface area contributed by atoms with Gasteiger partial charge < -0.3 is 5.32 Å². The fourth-order valence-electron chi connectivity index (χ4n) is 2.06.